The number of aromatic carboxylic acids is 1. The van der Waals surface area contributed by atoms with E-state index < -0.39 is 12.1 Å². The molecule has 2 aromatic rings. The molecule has 1 N–H and O–H groups in total. The van der Waals surface area contributed by atoms with Crippen LogP contribution in [0.2, 0.25) is 0 Å². The summed E-state index contributed by atoms with van der Waals surface area (Å²) in [6.45, 7) is 0. The Morgan fingerprint density at radius 2 is 2.10 bits per heavy atom. The number of hydrogen-bond acceptors (Lipinski definition) is 4. The van der Waals surface area contributed by atoms with Crippen LogP contribution in [0.15, 0.2) is 34.7 Å². The number of carboxylic acids is 1. The number of carbonyl (C=O) groups is 1. The Bertz CT molecular complexity index is 616. The van der Waals surface area contributed by atoms with Crippen LogP contribution in [-0.4, -0.2) is 23.2 Å². The first-order valence-corrected chi connectivity index (χ1v) is 6.52. The Kier molecular flexibility index (Phi) is 3.28. The third kappa shape index (κ3) is 2.32. The summed E-state index contributed by atoms with van der Waals surface area (Å²) < 4.78 is 10.9. The van der Waals surface area contributed by atoms with Crippen molar-refractivity contribution in [3.05, 3.63) is 53.2 Å². The second-order valence-electron chi connectivity index (χ2n) is 4.87. The number of carboxylic acid groups (broad SMARTS) is 1. The van der Waals surface area contributed by atoms with Gasteiger partial charge < -0.3 is 14.3 Å². The molecule has 0 bridgehead atoms. The summed E-state index contributed by atoms with van der Waals surface area (Å²) in [6.07, 6.45) is 1.45. The van der Waals surface area contributed by atoms with Gasteiger partial charge >= 0.3 is 5.97 Å². The minimum absolute atomic E-state index is 0.0551. The number of benzene rings is 1. The maximum Gasteiger partial charge on any atom is 0.373 e. The molecule has 0 spiro atoms. The van der Waals surface area contributed by atoms with Crippen molar-refractivity contribution in [2.24, 2.45) is 0 Å². The number of rotatable bonds is 5. The molecule has 0 aliphatic heterocycles. The van der Waals surface area contributed by atoms with Gasteiger partial charge in [-0.05, 0) is 18.4 Å². The van der Waals surface area contributed by atoms with Gasteiger partial charge in [-0.2, -0.15) is 0 Å². The van der Waals surface area contributed by atoms with Crippen LogP contribution in [-0.2, 0) is 4.74 Å². The highest BCUT2D eigenvalue weighted by Crippen LogP contribution is 2.42. The number of hydrogen-bond donors (Lipinski definition) is 1. The van der Waals surface area contributed by atoms with Gasteiger partial charge in [-0.3, -0.25) is 0 Å². The topological polar surface area (TPSA) is 72.6 Å². The van der Waals surface area contributed by atoms with Crippen LogP contribution in [0.4, 0.5) is 0 Å². The van der Waals surface area contributed by atoms with E-state index in [9.17, 15) is 9.90 Å². The Labute approximate surface area is 116 Å². The number of aromatic nitrogens is 1. The standard InChI is InChI=1S/C15H15NO4/c1-19-12(10-5-3-2-4-6-10)14-16-11(9-7-8-9)13(20-14)15(17)18/h2-6,9,12H,7-8H2,1H3,(H,17,18). The van der Waals surface area contributed by atoms with Gasteiger partial charge in [-0.15, -0.1) is 0 Å². The van der Waals surface area contributed by atoms with Gasteiger partial charge in [-0.1, -0.05) is 30.3 Å². The lowest BCUT2D eigenvalue weighted by atomic mass is 10.1. The van der Waals surface area contributed by atoms with Crippen molar-refractivity contribution < 1.29 is 19.1 Å². The number of ether oxygens (including phenoxy) is 1. The summed E-state index contributed by atoms with van der Waals surface area (Å²) >= 11 is 0. The first-order chi connectivity index (χ1) is 9.70. The SMILES string of the molecule is COC(c1ccccc1)c1nc(C2CC2)c(C(=O)O)o1. The van der Waals surface area contributed by atoms with Crippen LogP contribution >= 0.6 is 0 Å². The lowest BCUT2D eigenvalue weighted by molar-refractivity contribution is 0.0643. The average molecular weight is 273 g/mol. The number of methoxy groups -OCH3 is 1. The monoisotopic (exact) mass is 273 g/mol. The third-order valence-corrected chi connectivity index (χ3v) is 3.39. The summed E-state index contributed by atoms with van der Waals surface area (Å²) in [6, 6.07) is 9.49. The minimum Gasteiger partial charge on any atom is -0.475 e. The number of nitrogens with zero attached hydrogens (tertiary/aromatic N) is 1. The summed E-state index contributed by atoms with van der Waals surface area (Å²) in [7, 11) is 1.55. The fourth-order valence-electron chi connectivity index (χ4n) is 2.26. The molecule has 1 aliphatic rings. The molecule has 0 amide bonds. The van der Waals surface area contributed by atoms with Crippen molar-refractivity contribution in [2.75, 3.05) is 7.11 Å². The Hall–Kier alpha value is -2.14. The van der Waals surface area contributed by atoms with E-state index in [1.807, 2.05) is 30.3 Å². The van der Waals surface area contributed by atoms with Crippen molar-refractivity contribution in [1.29, 1.82) is 0 Å². The van der Waals surface area contributed by atoms with E-state index in [0.717, 1.165) is 18.4 Å². The molecule has 104 valence electrons. The van der Waals surface area contributed by atoms with E-state index in [2.05, 4.69) is 4.98 Å². The van der Waals surface area contributed by atoms with Crippen LogP contribution < -0.4 is 0 Å². The maximum atomic E-state index is 11.2. The van der Waals surface area contributed by atoms with Crippen LogP contribution in [0.3, 0.4) is 0 Å². The van der Waals surface area contributed by atoms with Crippen molar-refractivity contribution in [3.8, 4) is 0 Å². The molecule has 0 radical (unpaired) electrons. The van der Waals surface area contributed by atoms with Gasteiger partial charge in [0, 0.05) is 13.0 Å². The van der Waals surface area contributed by atoms with Crippen molar-refractivity contribution >= 4 is 5.97 Å². The molecule has 1 aromatic carbocycles. The van der Waals surface area contributed by atoms with Crippen molar-refractivity contribution in [1.82, 2.24) is 4.98 Å². The van der Waals surface area contributed by atoms with Crippen LogP contribution in [0.5, 0.6) is 0 Å². The summed E-state index contributed by atoms with van der Waals surface area (Å²) in [5.41, 5.74) is 1.43. The molecule has 5 nitrogen and oxygen atoms in total. The lowest BCUT2D eigenvalue weighted by Gasteiger charge is -2.11. The molecular formula is C15H15NO4. The average Bonchev–Trinajstić information content (AvgIpc) is 3.21. The van der Waals surface area contributed by atoms with E-state index in [-0.39, 0.29) is 11.7 Å². The van der Waals surface area contributed by atoms with Gasteiger partial charge in [-0.25, -0.2) is 9.78 Å². The maximum absolute atomic E-state index is 11.2. The summed E-state index contributed by atoms with van der Waals surface area (Å²) in [4.78, 5) is 15.6. The third-order valence-electron chi connectivity index (χ3n) is 3.39. The molecule has 1 aromatic heterocycles. The first-order valence-electron chi connectivity index (χ1n) is 6.52. The van der Waals surface area contributed by atoms with Gasteiger partial charge in [0.2, 0.25) is 11.7 Å². The van der Waals surface area contributed by atoms with E-state index in [1.54, 1.807) is 7.11 Å². The van der Waals surface area contributed by atoms with Gasteiger partial charge in [0.25, 0.3) is 0 Å². The fraction of sp³-hybridized carbons (Fsp3) is 0.333. The Morgan fingerprint density at radius 1 is 1.40 bits per heavy atom. The molecular weight excluding hydrogens is 258 g/mol. The summed E-state index contributed by atoms with van der Waals surface area (Å²) in [5, 5.41) is 9.21. The zero-order valence-corrected chi connectivity index (χ0v) is 11.1. The van der Waals surface area contributed by atoms with E-state index in [4.69, 9.17) is 9.15 Å². The smallest absolute Gasteiger partial charge is 0.373 e. The Morgan fingerprint density at radius 3 is 2.65 bits per heavy atom. The Balaban J connectivity index is 2.00. The highest BCUT2D eigenvalue weighted by molar-refractivity contribution is 5.86. The van der Waals surface area contributed by atoms with E-state index >= 15 is 0 Å². The van der Waals surface area contributed by atoms with Crippen LogP contribution in [0.1, 0.15) is 52.6 Å². The molecule has 1 fully saturated rings. The molecule has 0 saturated heterocycles. The van der Waals surface area contributed by atoms with Crippen molar-refractivity contribution in [3.63, 3.8) is 0 Å². The molecule has 20 heavy (non-hydrogen) atoms. The summed E-state index contributed by atoms with van der Waals surface area (Å²) in [5.74, 6) is -0.612. The zero-order chi connectivity index (χ0) is 14.1. The zero-order valence-electron chi connectivity index (χ0n) is 11.1. The normalized spacial score (nSPS) is 16.1. The highest BCUT2D eigenvalue weighted by Gasteiger charge is 2.35. The second-order valence-corrected chi connectivity index (χ2v) is 4.87. The van der Waals surface area contributed by atoms with Crippen LogP contribution in [0.25, 0.3) is 0 Å². The second kappa shape index (κ2) is 5.09. The molecule has 3 rings (SSSR count). The quantitative estimate of drug-likeness (QED) is 0.906. The molecule has 1 aliphatic carbocycles. The first kappa shape index (κ1) is 12.9. The molecule has 1 atom stereocenters. The van der Waals surface area contributed by atoms with Gasteiger partial charge in [0.1, 0.15) is 0 Å². The lowest BCUT2D eigenvalue weighted by Crippen LogP contribution is -2.03. The number of oxazole rings is 1. The predicted octanol–water partition coefficient (Wildman–Crippen LogP) is 2.99. The van der Waals surface area contributed by atoms with Gasteiger partial charge in [0.05, 0.1) is 5.69 Å². The van der Waals surface area contributed by atoms with Crippen molar-refractivity contribution in [2.45, 2.75) is 24.9 Å². The minimum atomic E-state index is -1.08. The fourth-order valence-corrected chi connectivity index (χ4v) is 2.26. The van der Waals surface area contributed by atoms with Gasteiger partial charge in [0.15, 0.2) is 6.10 Å². The highest BCUT2D eigenvalue weighted by atomic mass is 16.5. The van der Waals surface area contributed by atoms with Crippen LogP contribution in [0, 0.1) is 0 Å². The molecule has 1 unspecified atom stereocenters. The largest absolute Gasteiger partial charge is 0.475 e. The molecule has 5 heteroatoms. The van der Waals surface area contributed by atoms with E-state index in [1.165, 1.54) is 0 Å². The predicted molar refractivity (Wildman–Crippen MR) is 70.7 cm³/mol. The molecule has 1 heterocycles. The van der Waals surface area contributed by atoms with E-state index in [0.29, 0.717) is 11.6 Å². The molecule has 1 saturated carbocycles.